The highest BCUT2D eigenvalue weighted by Crippen LogP contribution is 2.37. The van der Waals surface area contributed by atoms with Gasteiger partial charge in [0.1, 0.15) is 0 Å². The lowest BCUT2D eigenvalue weighted by molar-refractivity contribution is -0.133. The average Bonchev–Trinajstić information content (AvgIpc) is 3.88. The lowest BCUT2D eigenvalue weighted by Crippen LogP contribution is -2.50. The Balaban J connectivity index is 1.42. The molecule has 0 bridgehead atoms. The number of hydrogen-bond acceptors (Lipinski definition) is 6. The maximum absolute atomic E-state index is 14.3. The summed E-state index contributed by atoms with van der Waals surface area (Å²) in [6.45, 7) is 6.03. The van der Waals surface area contributed by atoms with Crippen LogP contribution in [0.4, 0.5) is 11.4 Å². The molecule has 244 valence electrons. The number of carbonyl (C=O) groups is 2. The second-order valence-electron chi connectivity index (χ2n) is 12.4. The predicted molar refractivity (Wildman–Crippen MR) is 181 cm³/mol. The maximum Gasteiger partial charge on any atom is 0.272 e. The first kappa shape index (κ1) is 33.3. The molecular weight excluding hydrogens is 600 g/mol. The molecule has 2 amide bonds. The minimum absolute atomic E-state index is 0.124. The van der Waals surface area contributed by atoms with Crippen LogP contribution in [-0.4, -0.2) is 43.3 Å². The van der Waals surface area contributed by atoms with Crippen LogP contribution in [0.25, 0.3) is 0 Å². The van der Waals surface area contributed by atoms with E-state index in [1.165, 1.54) is 0 Å². The largest absolute Gasteiger partial charge is 0.392 e. The fraction of sp³-hybridized carbons (Fsp3) is 0.417. The number of unbranched alkanes of at least 4 members (excludes halogenated alkanes) is 1. The number of carbonyl (C=O) groups excluding carboxylic acids is 2. The molecule has 46 heavy (non-hydrogen) atoms. The molecule has 9 nitrogen and oxygen atoms in total. The summed E-state index contributed by atoms with van der Waals surface area (Å²) in [6.07, 6.45) is 3.56. The smallest absolute Gasteiger partial charge is 0.272 e. The van der Waals surface area contributed by atoms with E-state index in [9.17, 15) is 23.1 Å². The van der Waals surface area contributed by atoms with Crippen molar-refractivity contribution in [1.82, 2.24) is 5.32 Å². The van der Waals surface area contributed by atoms with Crippen LogP contribution < -0.4 is 14.9 Å². The molecule has 1 aliphatic heterocycles. The summed E-state index contributed by atoms with van der Waals surface area (Å²) in [5.74, 6) is -0.943. The van der Waals surface area contributed by atoms with Gasteiger partial charge in [0.2, 0.25) is 12.1 Å². The molecule has 1 saturated carbocycles. The van der Waals surface area contributed by atoms with Crippen LogP contribution in [0.2, 0.25) is 0 Å². The first-order valence-electron chi connectivity index (χ1n) is 16.2. The third kappa shape index (κ3) is 8.03. The molecule has 0 spiro atoms. The highest BCUT2D eigenvalue weighted by Gasteiger charge is 2.37. The highest BCUT2D eigenvalue weighted by atomic mass is 32.2. The van der Waals surface area contributed by atoms with E-state index in [0.29, 0.717) is 47.8 Å². The van der Waals surface area contributed by atoms with E-state index in [1.807, 2.05) is 44.2 Å². The number of hydrogen-bond donors (Lipinski definition) is 3. The minimum atomic E-state index is -3.82. The Morgan fingerprint density at radius 3 is 2.48 bits per heavy atom. The number of amides is 2. The first-order valence-corrected chi connectivity index (χ1v) is 17.7. The summed E-state index contributed by atoms with van der Waals surface area (Å²) in [5.41, 5.74) is 4.17. The number of para-hydroxylation sites is 1. The summed E-state index contributed by atoms with van der Waals surface area (Å²) in [7, 11) is -3.82. The van der Waals surface area contributed by atoms with Crippen molar-refractivity contribution in [3.63, 3.8) is 0 Å². The number of benzene rings is 3. The van der Waals surface area contributed by atoms with Crippen molar-refractivity contribution in [2.75, 3.05) is 9.62 Å². The minimum Gasteiger partial charge on any atom is -0.392 e. The molecule has 0 aromatic heterocycles. The van der Waals surface area contributed by atoms with Crippen LogP contribution in [0.1, 0.15) is 75.5 Å². The van der Waals surface area contributed by atoms with E-state index >= 15 is 0 Å². The van der Waals surface area contributed by atoms with Gasteiger partial charge in [-0.3, -0.25) is 19.3 Å². The van der Waals surface area contributed by atoms with Gasteiger partial charge >= 0.3 is 0 Å². The number of sulfonamides is 1. The summed E-state index contributed by atoms with van der Waals surface area (Å²) in [5, 5.41) is 13.9. The molecule has 3 N–H and O–H groups in total. The van der Waals surface area contributed by atoms with Crippen molar-refractivity contribution in [1.29, 1.82) is 0 Å². The molecule has 1 aliphatic carbocycles. The molecule has 3 aromatic carbocycles. The third-order valence-corrected chi connectivity index (χ3v) is 10.1. The van der Waals surface area contributed by atoms with E-state index in [2.05, 4.69) is 17.0 Å². The average molecular weight is 645 g/mol. The van der Waals surface area contributed by atoms with Crippen LogP contribution in [0.15, 0.2) is 82.7 Å². The van der Waals surface area contributed by atoms with Crippen LogP contribution >= 0.6 is 0 Å². The number of aryl methyl sites for hydroxylation is 1. The Bertz CT molecular complexity index is 1680. The number of fused-ring (bicyclic) bond motifs is 1. The zero-order chi connectivity index (χ0) is 32.8. The van der Waals surface area contributed by atoms with Crippen molar-refractivity contribution in [3.8, 4) is 0 Å². The number of aliphatic imine (C=N–C) groups is 1. The molecule has 3 aromatic rings. The quantitative estimate of drug-likeness (QED) is 0.200. The van der Waals surface area contributed by atoms with Gasteiger partial charge in [-0.25, -0.2) is 8.42 Å². The van der Waals surface area contributed by atoms with Crippen molar-refractivity contribution < 1.29 is 23.1 Å². The fourth-order valence-electron chi connectivity index (χ4n) is 5.89. The van der Waals surface area contributed by atoms with E-state index in [0.717, 1.165) is 36.8 Å². The van der Waals surface area contributed by atoms with Gasteiger partial charge in [0.25, 0.3) is 15.9 Å². The van der Waals surface area contributed by atoms with Crippen molar-refractivity contribution in [2.45, 2.75) is 89.4 Å². The van der Waals surface area contributed by atoms with E-state index < -0.39 is 34.1 Å². The van der Waals surface area contributed by atoms with Crippen molar-refractivity contribution in [2.24, 2.45) is 16.8 Å². The Morgan fingerprint density at radius 2 is 1.78 bits per heavy atom. The molecule has 1 unspecified atom stereocenters. The normalized spacial score (nSPS) is 17.8. The molecule has 2 aliphatic rings. The standard InChI is InChI=1S/C36H44N4O5S/c1-4-6-14-33(41)30(22-25-17-18-25)35(42)38-34-36(43)40(32-13-8-7-12-29(32)31(5-2)37-34)23-26-10-9-11-27(21-26)39-46(44,45)28-19-15-24(3)16-20-28/h7-13,15-16,19-21,25,30,33-34,39,41H,4-6,14,17-18,22-23H2,1-3H3,(H,38,42)/t30-,33+,34?/m1/s1. The van der Waals surface area contributed by atoms with Crippen LogP contribution in [-0.2, 0) is 26.2 Å². The van der Waals surface area contributed by atoms with Gasteiger partial charge in [-0.1, -0.05) is 87.6 Å². The van der Waals surface area contributed by atoms with Crippen LogP contribution in [0.3, 0.4) is 0 Å². The lowest BCUT2D eigenvalue weighted by atomic mass is 9.91. The number of nitrogens with one attached hydrogen (secondary N) is 2. The Hall–Kier alpha value is -4.02. The molecule has 0 radical (unpaired) electrons. The summed E-state index contributed by atoms with van der Waals surface area (Å²) >= 11 is 0. The number of nitrogens with zero attached hydrogens (tertiary/aromatic N) is 2. The highest BCUT2D eigenvalue weighted by molar-refractivity contribution is 7.92. The second-order valence-corrected chi connectivity index (χ2v) is 14.1. The molecule has 5 rings (SSSR count). The van der Waals surface area contributed by atoms with E-state index in [-0.39, 0.29) is 17.3 Å². The Labute approximate surface area is 272 Å². The van der Waals surface area contributed by atoms with Gasteiger partial charge in [-0.2, -0.15) is 0 Å². The summed E-state index contributed by atoms with van der Waals surface area (Å²) in [4.78, 5) is 34.5. The van der Waals surface area contributed by atoms with Crippen molar-refractivity contribution in [3.05, 3.63) is 89.5 Å². The zero-order valence-electron chi connectivity index (χ0n) is 26.8. The summed E-state index contributed by atoms with van der Waals surface area (Å²) < 4.78 is 28.8. The molecule has 1 fully saturated rings. The summed E-state index contributed by atoms with van der Waals surface area (Å²) in [6, 6.07) is 21.1. The van der Waals surface area contributed by atoms with Gasteiger partial charge in [-0.15, -0.1) is 0 Å². The number of aliphatic hydroxyl groups excluding tert-OH is 1. The molecular formula is C36H44N4O5S. The number of anilines is 2. The number of rotatable bonds is 14. The van der Waals surface area contributed by atoms with Gasteiger partial charge in [0.05, 0.1) is 29.1 Å². The Kier molecular flexibility index (Phi) is 10.6. The third-order valence-electron chi connectivity index (χ3n) is 8.69. The number of aliphatic hydroxyl groups is 1. The first-order chi connectivity index (χ1) is 22.1. The topological polar surface area (TPSA) is 128 Å². The van der Waals surface area contributed by atoms with Gasteiger partial charge < -0.3 is 15.3 Å². The monoisotopic (exact) mass is 644 g/mol. The lowest BCUT2D eigenvalue weighted by Gasteiger charge is -2.28. The molecule has 3 atom stereocenters. The zero-order valence-corrected chi connectivity index (χ0v) is 27.6. The van der Waals surface area contributed by atoms with Gasteiger partial charge in [0.15, 0.2) is 0 Å². The molecule has 0 saturated heterocycles. The molecule has 1 heterocycles. The van der Waals surface area contributed by atoms with E-state index in [4.69, 9.17) is 4.99 Å². The van der Waals surface area contributed by atoms with E-state index in [1.54, 1.807) is 47.4 Å². The van der Waals surface area contributed by atoms with Crippen LogP contribution in [0, 0.1) is 18.8 Å². The van der Waals surface area contributed by atoms with Gasteiger partial charge in [-0.05, 0) is 68.0 Å². The fourth-order valence-corrected chi connectivity index (χ4v) is 6.94. The van der Waals surface area contributed by atoms with Gasteiger partial charge in [0, 0.05) is 17.0 Å². The predicted octanol–water partition coefficient (Wildman–Crippen LogP) is 5.95. The van der Waals surface area contributed by atoms with Crippen LogP contribution in [0.5, 0.6) is 0 Å². The van der Waals surface area contributed by atoms with Crippen molar-refractivity contribution >= 4 is 38.9 Å². The molecule has 10 heteroatoms. The Morgan fingerprint density at radius 1 is 1.04 bits per heavy atom. The maximum atomic E-state index is 14.3. The second kappa shape index (κ2) is 14.6. The SMILES string of the molecule is CCCC[C@H](O)[C@@H](CC1CC1)C(=O)NC1N=C(CC)c2ccccc2N(Cc2cccc(NS(=O)(=O)c3ccc(C)cc3)c2)C1=O. The number of benzodiazepines with no additional fused rings is 1.